The quantitative estimate of drug-likeness (QED) is 0.0970. The lowest BCUT2D eigenvalue weighted by Gasteiger charge is -2.19. The van der Waals surface area contributed by atoms with E-state index in [1.54, 1.807) is 54.3 Å². The topological polar surface area (TPSA) is 102 Å². The molecule has 4 aromatic carbocycles. The van der Waals surface area contributed by atoms with Crippen molar-refractivity contribution in [2.45, 2.75) is 45.2 Å². The maximum atomic E-state index is 14.5. The highest BCUT2D eigenvalue weighted by molar-refractivity contribution is 6.12. The van der Waals surface area contributed by atoms with E-state index in [4.69, 9.17) is 9.47 Å². The Kier molecular flexibility index (Phi) is 11.3. The van der Waals surface area contributed by atoms with Gasteiger partial charge in [0, 0.05) is 25.1 Å². The van der Waals surface area contributed by atoms with Crippen LogP contribution in [0.5, 0.6) is 5.75 Å². The van der Waals surface area contributed by atoms with E-state index in [0.717, 1.165) is 31.0 Å². The number of alkyl halides is 3. The van der Waals surface area contributed by atoms with Crippen molar-refractivity contribution in [2.75, 3.05) is 25.0 Å². The number of esters is 2. The van der Waals surface area contributed by atoms with Crippen LogP contribution in [0.4, 0.5) is 23.2 Å². The zero-order valence-corrected chi connectivity index (χ0v) is 27.1. The van der Waals surface area contributed by atoms with Gasteiger partial charge in [-0.3, -0.25) is 14.4 Å². The summed E-state index contributed by atoms with van der Waals surface area (Å²) in [7, 11) is 0. The van der Waals surface area contributed by atoms with Crippen LogP contribution >= 0.6 is 0 Å². The summed E-state index contributed by atoms with van der Waals surface area (Å²) >= 11 is 0. The Morgan fingerprint density at radius 3 is 2.26 bits per heavy atom. The van der Waals surface area contributed by atoms with Crippen LogP contribution in [0.2, 0.25) is 0 Å². The molecule has 2 amide bonds. The fourth-order valence-corrected chi connectivity index (χ4v) is 5.62. The Balaban J connectivity index is 1.29. The second-order valence-corrected chi connectivity index (χ2v) is 11.6. The Hall–Kier alpha value is -5.52. The highest BCUT2D eigenvalue weighted by Gasteiger charge is 2.30. The molecular weight excluding hydrogens is 656 g/mol. The van der Waals surface area contributed by atoms with Crippen LogP contribution in [0.25, 0.3) is 11.1 Å². The molecule has 0 saturated carbocycles. The van der Waals surface area contributed by atoms with Crippen molar-refractivity contribution in [3.8, 4) is 16.9 Å². The molecule has 0 radical (unpaired) electrons. The summed E-state index contributed by atoms with van der Waals surface area (Å²) in [5, 5.41) is 2.82. The first-order valence-corrected chi connectivity index (χ1v) is 16.1. The summed E-state index contributed by atoms with van der Waals surface area (Å²) in [6.07, 6.45) is -2.18. The van der Waals surface area contributed by atoms with Gasteiger partial charge in [-0.25, -0.2) is 9.18 Å². The Morgan fingerprint density at radius 2 is 1.58 bits per heavy atom. The maximum Gasteiger partial charge on any atom is 0.416 e. The predicted octanol–water partition coefficient (Wildman–Crippen LogP) is 8.10. The molecule has 260 valence electrons. The van der Waals surface area contributed by atoms with E-state index in [0.29, 0.717) is 42.6 Å². The number of hydrogen-bond acceptors (Lipinski definition) is 6. The van der Waals surface area contributed by atoms with Crippen molar-refractivity contribution in [3.05, 3.63) is 119 Å². The van der Waals surface area contributed by atoms with E-state index in [9.17, 15) is 36.7 Å². The van der Waals surface area contributed by atoms with Crippen molar-refractivity contribution in [3.63, 3.8) is 0 Å². The molecule has 4 aromatic rings. The number of amides is 2. The van der Waals surface area contributed by atoms with Gasteiger partial charge in [-0.05, 0) is 97.8 Å². The summed E-state index contributed by atoms with van der Waals surface area (Å²) in [5.74, 6) is -3.39. The number of nitrogens with one attached hydrogen (secondary N) is 1. The molecule has 0 aromatic heterocycles. The van der Waals surface area contributed by atoms with Gasteiger partial charge in [0.2, 0.25) is 0 Å². The Labute approximate surface area is 286 Å². The van der Waals surface area contributed by atoms with E-state index in [-0.39, 0.29) is 47.1 Å². The molecule has 5 rings (SSSR count). The number of rotatable bonds is 11. The first-order chi connectivity index (χ1) is 23.9. The number of anilines is 1. The van der Waals surface area contributed by atoms with Gasteiger partial charge < -0.3 is 19.7 Å². The molecule has 12 heteroatoms. The van der Waals surface area contributed by atoms with E-state index < -0.39 is 35.4 Å². The monoisotopic (exact) mass is 690 g/mol. The van der Waals surface area contributed by atoms with Gasteiger partial charge in [-0.2, -0.15) is 13.2 Å². The van der Waals surface area contributed by atoms with Crippen LogP contribution in [0.3, 0.4) is 0 Å². The molecule has 1 saturated heterocycles. The van der Waals surface area contributed by atoms with Crippen LogP contribution < -0.4 is 10.1 Å². The molecule has 1 aliphatic heterocycles. The van der Waals surface area contributed by atoms with Gasteiger partial charge in [-0.1, -0.05) is 36.4 Å². The first-order valence-electron chi connectivity index (χ1n) is 16.1. The zero-order chi connectivity index (χ0) is 35.8. The number of carbonyl (C=O) groups is 4. The number of halogens is 4. The minimum Gasteiger partial charge on any atom is -0.462 e. The average Bonchev–Trinajstić information content (AvgIpc) is 3.64. The molecular formula is C38H34F4N2O6. The summed E-state index contributed by atoms with van der Waals surface area (Å²) in [5.41, 5.74) is 1.48. The lowest BCUT2D eigenvalue weighted by molar-refractivity contribution is -0.137. The number of nitrogens with zero attached hydrogens (tertiary/aromatic N) is 1. The molecule has 8 nitrogen and oxygen atoms in total. The lowest BCUT2D eigenvalue weighted by Crippen LogP contribution is -2.29. The summed E-state index contributed by atoms with van der Waals surface area (Å²) in [4.78, 5) is 53.2. The SMILES string of the molecule is CCOC(=O)c1ccc(OC(=O)CCCc2ccc(NC(=O)c3ccccc3-c3ccc(C(F)(F)F)cc3)c(C(=O)N3CCCC3)c2)c(F)c1. The molecule has 0 bridgehead atoms. The van der Waals surface area contributed by atoms with E-state index in [1.165, 1.54) is 24.3 Å². The number of likely N-dealkylation sites (tertiary alicyclic amines) is 1. The molecule has 1 aliphatic rings. The van der Waals surface area contributed by atoms with Crippen LogP contribution in [0.15, 0.2) is 84.9 Å². The third kappa shape index (κ3) is 8.73. The molecule has 1 heterocycles. The van der Waals surface area contributed by atoms with Crippen LogP contribution in [0.1, 0.15) is 74.8 Å². The van der Waals surface area contributed by atoms with Gasteiger partial charge in [0.25, 0.3) is 11.8 Å². The fraction of sp³-hybridized carbons (Fsp3) is 0.263. The van der Waals surface area contributed by atoms with Gasteiger partial charge in [0.15, 0.2) is 11.6 Å². The highest BCUT2D eigenvalue weighted by atomic mass is 19.4. The number of hydrogen-bond donors (Lipinski definition) is 1. The van der Waals surface area contributed by atoms with E-state index in [1.807, 2.05) is 0 Å². The van der Waals surface area contributed by atoms with Crippen molar-refractivity contribution in [1.29, 1.82) is 0 Å². The van der Waals surface area contributed by atoms with Crippen LogP contribution in [-0.4, -0.2) is 48.3 Å². The predicted molar refractivity (Wildman–Crippen MR) is 177 cm³/mol. The van der Waals surface area contributed by atoms with E-state index in [2.05, 4.69) is 5.32 Å². The second-order valence-electron chi connectivity index (χ2n) is 11.6. The zero-order valence-electron chi connectivity index (χ0n) is 27.1. The molecule has 50 heavy (non-hydrogen) atoms. The minimum absolute atomic E-state index is 0.00794. The molecule has 0 unspecified atom stereocenters. The molecule has 1 N–H and O–H groups in total. The molecule has 1 fully saturated rings. The summed E-state index contributed by atoms with van der Waals surface area (Å²) in [6, 6.07) is 19.4. The van der Waals surface area contributed by atoms with Gasteiger partial charge in [-0.15, -0.1) is 0 Å². The van der Waals surface area contributed by atoms with Crippen molar-refractivity contribution < 1.29 is 46.2 Å². The number of carbonyl (C=O) groups excluding carboxylic acids is 4. The normalized spacial score (nSPS) is 12.8. The van der Waals surface area contributed by atoms with Crippen LogP contribution in [-0.2, 0) is 22.1 Å². The Bertz CT molecular complexity index is 1890. The summed E-state index contributed by atoms with van der Waals surface area (Å²) < 4.78 is 63.8. The first kappa shape index (κ1) is 35.8. The molecule has 0 spiro atoms. The lowest BCUT2D eigenvalue weighted by atomic mass is 9.97. The average molecular weight is 691 g/mol. The standard InChI is InChI=1S/C38H34F4N2O6/c1-2-49-37(48)26-15-19-33(31(39)23-26)50-34(45)11-7-8-24-12-18-32(30(22-24)36(47)44-20-5-6-21-44)43-35(46)29-10-4-3-9-28(29)25-13-16-27(17-14-25)38(40,41)42/h3-4,9-10,12-19,22-23H,2,5-8,11,20-21H2,1H3,(H,43,46). The second kappa shape index (κ2) is 15.8. The van der Waals surface area contributed by atoms with Crippen molar-refractivity contribution >= 4 is 29.4 Å². The van der Waals surface area contributed by atoms with Gasteiger partial charge in [0.05, 0.1) is 29.0 Å². The minimum atomic E-state index is -4.50. The number of aryl methyl sites for hydroxylation is 1. The summed E-state index contributed by atoms with van der Waals surface area (Å²) in [6.45, 7) is 2.89. The van der Waals surface area contributed by atoms with Gasteiger partial charge >= 0.3 is 18.1 Å². The van der Waals surface area contributed by atoms with Gasteiger partial charge in [0.1, 0.15) is 0 Å². The highest BCUT2D eigenvalue weighted by Crippen LogP contribution is 2.32. The fourth-order valence-electron chi connectivity index (χ4n) is 5.62. The number of benzene rings is 4. The molecule has 0 atom stereocenters. The largest absolute Gasteiger partial charge is 0.462 e. The smallest absolute Gasteiger partial charge is 0.416 e. The van der Waals surface area contributed by atoms with Crippen molar-refractivity contribution in [2.24, 2.45) is 0 Å². The molecule has 0 aliphatic carbocycles. The van der Waals surface area contributed by atoms with Crippen LogP contribution in [0, 0.1) is 5.82 Å². The van der Waals surface area contributed by atoms with E-state index >= 15 is 0 Å². The Morgan fingerprint density at radius 1 is 0.860 bits per heavy atom. The third-order valence-electron chi connectivity index (χ3n) is 8.16. The third-order valence-corrected chi connectivity index (χ3v) is 8.16. The maximum absolute atomic E-state index is 14.5. The number of ether oxygens (including phenoxy) is 2. The van der Waals surface area contributed by atoms with Crippen molar-refractivity contribution in [1.82, 2.24) is 4.90 Å².